The summed E-state index contributed by atoms with van der Waals surface area (Å²) in [5.74, 6) is 0.922. The van der Waals surface area contributed by atoms with Gasteiger partial charge >= 0.3 is 0 Å². The second-order valence-electron chi connectivity index (χ2n) is 4.86. The summed E-state index contributed by atoms with van der Waals surface area (Å²) in [6.45, 7) is 4.51. The number of pyridine rings is 1. The number of aryl methyl sites for hydroxylation is 1. The van der Waals surface area contributed by atoms with Gasteiger partial charge in [0.15, 0.2) is 0 Å². The molecular weight excluding hydrogens is 236 g/mol. The van der Waals surface area contributed by atoms with E-state index in [1.165, 1.54) is 5.56 Å². The van der Waals surface area contributed by atoms with Gasteiger partial charge in [-0.25, -0.2) is 4.98 Å². The fourth-order valence-electron chi connectivity index (χ4n) is 2.15. The third-order valence-electron chi connectivity index (χ3n) is 3.22. The lowest BCUT2D eigenvalue weighted by molar-refractivity contribution is 0.198. The molecule has 0 radical (unpaired) electrons. The van der Waals surface area contributed by atoms with Crippen LogP contribution in [-0.2, 0) is 6.54 Å². The Balaban J connectivity index is 2.16. The van der Waals surface area contributed by atoms with Gasteiger partial charge in [-0.2, -0.15) is 0 Å². The van der Waals surface area contributed by atoms with Gasteiger partial charge in [0.25, 0.3) is 0 Å². The van der Waals surface area contributed by atoms with Gasteiger partial charge in [0.2, 0.25) is 0 Å². The molecule has 19 heavy (non-hydrogen) atoms. The summed E-state index contributed by atoms with van der Waals surface area (Å²) in [6, 6.07) is 14.2. The average molecular weight is 256 g/mol. The summed E-state index contributed by atoms with van der Waals surface area (Å²) in [4.78, 5) is 6.66. The predicted molar refractivity (Wildman–Crippen MR) is 78.2 cm³/mol. The Morgan fingerprint density at radius 3 is 2.42 bits per heavy atom. The van der Waals surface area contributed by atoms with E-state index in [1.54, 1.807) is 6.92 Å². The van der Waals surface area contributed by atoms with Gasteiger partial charge in [-0.1, -0.05) is 36.4 Å². The van der Waals surface area contributed by atoms with Gasteiger partial charge in [-0.05, 0) is 25.5 Å². The number of aliphatic hydroxyl groups excluding tert-OH is 1. The molecule has 0 bridgehead atoms. The van der Waals surface area contributed by atoms with Gasteiger partial charge in [-0.3, -0.25) is 0 Å². The molecule has 0 amide bonds. The molecule has 0 fully saturated rings. The minimum atomic E-state index is -0.471. The average Bonchev–Trinajstić information content (AvgIpc) is 2.39. The van der Waals surface area contributed by atoms with Crippen molar-refractivity contribution in [2.24, 2.45) is 0 Å². The van der Waals surface area contributed by atoms with Crippen LogP contribution in [0.1, 0.15) is 29.8 Å². The second kappa shape index (κ2) is 5.85. The third kappa shape index (κ3) is 3.32. The molecular formula is C16H20N2O. The summed E-state index contributed by atoms with van der Waals surface area (Å²) >= 11 is 0. The largest absolute Gasteiger partial charge is 0.389 e. The maximum atomic E-state index is 9.62. The van der Waals surface area contributed by atoms with Crippen molar-refractivity contribution in [3.05, 3.63) is 59.3 Å². The van der Waals surface area contributed by atoms with E-state index < -0.39 is 6.10 Å². The number of nitrogens with zero attached hydrogens (tertiary/aromatic N) is 2. The Hall–Kier alpha value is -1.87. The van der Waals surface area contributed by atoms with Crippen molar-refractivity contribution in [3.8, 4) is 0 Å². The molecule has 0 spiro atoms. The highest BCUT2D eigenvalue weighted by Crippen LogP contribution is 2.20. The zero-order valence-corrected chi connectivity index (χ0v) is 11.7. The molecule has 0 unspecified atom stereocenters. The first-order valence-electron chi connectivity index (χ1n) is 6.48. The molecule has 1 N–H and O–H groups in total. The Labute approximate surface area is 114 Å². The summed E-state index contributed by atoms with van der Waals surface area (Å²) in [5.41, 5.74) is 3.02. The van der Waals surface area contributed by atoms with Crippen LogP contribution in [0.5, 0.6) is 0 Å². The number of hydrogen-bond acceptors (Lipinski definition) is 3. The summed E-state index contributed by atoms with van der Waals surface area (Å²) < 4.78 is 0. The van der Waals surface area contributed by atoms with Gasteiger partial charge in [-0.15, -0.1) is 0 Å². The van der Waals surface area contributed by atoms with Crippen LogP contribution in [0, 0.1) is 6.92 Å². The number of benzene rings is 1. The standard InChI is InChI=1S/C16H20N2O/c1-12-15(13(2)19)9-10-16(17-12)18(3)11-14-7-5-4-6-8-14/h4-10,13,19H,11H2,1-3H3/t13-/m0/s1. The fraction of sp³-hybridized carbons (Fsp3) is 0.312. The lowest BCUT2D eigenvalue weighted by Crippen LogP contribution is -2.18. The first kappa shape index (κ1) is 13.6. The maximum absolute atomic E-state index is 9.62. The van der Waals surface area contributed by atoms with Crippen molar-refractivity contribution in [1.29, 1.82) is 0 Å². The van der Waals surface area contributed by atoms with E-state index in [-0.39, 0.29) is 0 Å². The summed E-state index contributed by atoms with van der Waals surface area (Å²) in [7, 11) is 2.02. The SMILES string of the molecule is Cc1nc(N(C)Cc2ccccc2)ccc1[C@H](C)O. The lowest BCUT2D eigenvalue weighted by Gasteiger charge is -2.20. The zero-order chi connectivity index (χ0) is 13.8. The Morgan fingerprint density at radius 2 is 1.84 bits per heavy atom. The molecule has 2 rings (SSSR count). The first-order valence-corrected chi connectivity index (χ1v) is 6.48. The molecule has 0 saturated carbocycles. The lowest BCUT2D eigenvalue weighted by atomic mass is 10.1. The Kier molecular flexibility index (Phi) is 4.17. The number of anilines is 1. The molecule has 2 aromatic rings. The van der Waals surface area contributed by atoms with E-state index in [9.17, 15) is 5.11 Å². The van der Waals surface area contributed by atoms with Gasteiger partial charge in [0.05, 0.1) is 6.10 Å². The maximum Gasteiger partial charge on any atom is 0.128 e. The Morgan fingerprint density at radius 1 is 1.16 bits per heavy atom. The Bertz CT molecular complexity index is 538. The highest BCUT2D eigenvalue weighted by Gasteiger charge is 2.09. The number of hydrogen-bond donors (Lipinski definition) is 1. The van der Waals surface area contributed by atoms with Crippen molar-refractivity contribution in [2.75, 3.05) is 11.9 Å². The van der Waals surface area contributed by atoms with Crippen molar-refractivity contribution >= 4 is 5.82 Å². The smallest absolute Gasteiger partial charge is 0.128 e. The molecule has 3 nitrogen and oxygen atoms in total. The molecule has 3 heteroatoms. The highest BCUT2D eigenvalue weighted by atomic mass is 16.3. The van der Waals surface area contributed by atoms with Crippen molar-refractivity contribution in [2.45, 2.75) is 26.5 Å². The third-order valence-corrected chi connectivity index (χ3v) is 3.22. The second-order valence-corrected chi connectivity index (χ2v) is 4.86. The number of aromatic nitrogens is 1. The van der Waals surface area contributed by atoms with Gasteiger partial charge < -0.3 is 10.0 Å². The first-order chi connectivity index (χ1) is 9.08. The van der Waals surface area contributed by atoms with Crippen LogP contribution in [0.4, 0.5) is 5.82 Å². The van der Waals surface area contributed by atoms with Crippen LogP contribution in [0.15, 0.2) is 42.5 Å². The molecule has 0 aliphatic heterocycles. The number of rotatable bonds is 4. The van der Waals surface area contributed by atoms with Crippen LogP contribution < -0.4 is 4.90 Å². The predicted octanol–water partition coefficient (Wildman–Crippen LogP) is 3.08. The highest BCUT2D eigenvalue weighted by molar-refractivity contribution is 5.42. The fourth-order valence-corrected chi connectivity index (χ4v) is 2.15. The molecule has 0 aliphatic rings. The topological polar surface area (TPSA) is 36.4 Å². The van der Waals surface area contributed by atoms with Crippen LogP contribution in [-0.4, -0.2) is 17.1 Å². The minimum Gasteiger partial charge on any atom is -0.389 e. The number of aliphatic hydroxyl groups is 1. The van der Waals surface area contributed by atoms with E-state index in [0.29, 0.717) is 0 Å². The van der Waals surface area contributed by atoms with E-state index in [4.69, 9.17) is 0 Å². The van der Waals surface area contributed by atoms with Crippen LogP contribution in [0.25, 0.3) is 0 Å². The van der Waals surface area contributed by atoms with Crippen LogP contribution in [0.3, 0.4) is 0 Å². The van der Waals surface area contributed by atoms with E-state index in [0.717, 1.165) is 23.6 Å². The minimum absolute atomic E-state index is 0.471. The van der Waals surface area contributed by atoms with Crippen LogP contribution in [0.2, 0.25) is 0 Å². The van der Waals surface area contributed by atoms with E-state index >= 15 is 0 Å². The monoisotopic (exact) mass is 256 g/mol. The summed E-state index contributed by atoms with van der Waals surface area (Å²) in [6.07, 6.45) is -0.471. The molecule has 1 aromatic heterocycles. The van der Waals surface area contributed by atoms with Crippen LogP contribution >= 0.6 is 0 Å². The molecule has 100 valence electrons. The quantitative estimate of drug-likeness (QED) is 0.913. The molecule has 1 heterocycles. The molecule has 0 aliphatic carbocycles. The van der Waals surface area contributed by atoms with Gasteiger partial charge in [0, 0.05) is 24.8 Å². The normalized spacial score (nSPS) is 12.2. The summed E-state index contributed by atoms with van der Waals surface area (Å²) in [5, 5.41) is 9.62. The van der Waals surface area contributed by atoms with Gasteiger partial charge in [0.1, 0.15) is 5.82 Å². The molecule has 0 saturated heterocycles. The van der Waals surface area contributed by atoms with E-state index in [2.05, 4.69) is 22.0 Å². The van der Waals surface area contributed by atoms with E-state index in [1.807, 2.05) is 44.3 Å². The van der Waals surface area contributed by atoms with Crippen molar-refractivity contribution in [1.82, 2.24) is 4.98 Å². The zero-order valence-electron chi connectivity index (χ0n) is 11.7. The van der Waals surface area contributed by atoms with Crippen molar-refractivity contribution < 1.29 is 5.11 Å². The van der Waals surface area contributed by atoms with Crippen molar-refractivity contribution in [3.63, 3.8) is 0 Å². The molecule has 1 aromatic carbocycles. The molecule has 1 atom stereocenters.